The van der Waals surface area contributed by atoms with Gasteiger partial charge in [-0.3, -0.25) is 4.98 Å². The molecule has 0 aliphatic carbocycles. The van der Waals surface area contributed by atoms with Crippen molar-refractivity contribution < 1.29 is 23.7 Å². The summed E-state index contributed by atoms with van der Waals surface area (Å²) in [6.45, 7) is 0.587. The van der Waals surface area contributed by atoms with E-state index in [2.05, 4.69) is 38.0 Å². The Morgan fingerprint density at radius 2 is 1.73 bits per heavy atom. The predicted octanol–water partition coefficient (Wildman–Crippen LogP) is 6.14. The van der Waals surface area contributed by atoms with E-state index in [0.717, 1.165) is 20.8 Å². The number of benzene rings is 2. The van der Waals surface area contributed by atoms with Crippen LogP contribution >= 0.6 is 15.9 Å². The first kappa shape index (κ1) is 27.9. The van der Waals surface area contributed by atoms with Crippen molar-refractivity contribution in [1.29, 1.82) is 0 Å². The summed E-state index contributed by atoms with van der Waals surface area (Å²) in [6, 6.07) is 15.6. The van der Waals surface area contributed by atoms with E-state index in [1.165, 1.54) is 0 Å². The lowest BCUT2D eigenvalue weighted by atomic mass is 9.71. The number of halogens is 1. The van der Waals surface area contributed by atoms with Crippen molar-refractivity contribution >= 4 is 37.8 Å². The summed E-state index contributed by atoms with van der Waals surface area (Å²) >= 11 is 3.61. The Morgan fingerprint density at radius 1 is 0.925 bits per heavy atom. The molecule has 0 bridgehead atoms. The molecule has 0 radical (unpaired) electrons. The molecule has 2 atom stereocenters. The van der Waals surface area contributed by atoms with Crippen LogP contribution in [-0.4, -0.2) is 61.9 Å². The lowest BCUT2D eigenvalue weighted by Gasteiger charge is -2.39. The molecule has 0 amide bonds. The number of hydrogen-bond donors (Lipinski definition) is 1. The first-order valence-corrected chi connectivity index (χ1v) is 13.6. The Hall–Kier alpha value is -3.66. The molecule has 0 saturated carbocycles. The molecule has 0 saturated heterocycles. The van der Waals surface area contributed by atoms with Gasteiger partial charge in [-0.25, -0.2) is 4.98 Å². The minimum atomic E-state index is -1.50. The fourth-order valence-electron chi connectivity index (χ4n) is 5.41. The minimum absolute atomic E-state index is 0.320. The number of rotatable bonds is 10. The fraction of sp³-hybridized carbons (Fsp3) is 0.290. The number of aromatic nitrogens is 2. The lowest BCUT2D eigenvalue weighted by Crippen LogP contribution is -2.38. The molecule has 0 aliphatic heterocycles. The number of pyridine rings is 2. The molecule has 3 heterocycles. The van der Waals surface area contributed by atoms with Gasteiger partial charge in [-0.1, -0.05) is 22.0 Å². The maximum absolute atomic E-state index is 13.1. The Morgan fingerprint density at radius 3 is 2.45 bits per heavy atom. The summed E-state index contributed by atoms with van der Waals surface area (Å²) in [6.07, 6.45) is 5.31. The quantitative estimate of drug-likeness (QED) is 0.203. The van der Waals surface area contributed by atoms with Crippen molar-refractivity contribution in [2.75, 3.05) is 42.0 Å². The normalized spacial score (nSPS) is 13.9. The Bertz CT molecular complexity index is 1650. The molecule has 0 unspecified atom stereocenters. The summed E-state index contributed by atoms with van der Waals surface area (Å²) in [7, 11) is 8.72. The van der Waals surface area contributed by atoms with E-state index in [4.69, 9.17) is 18.6 Å². The smallest absolute Gasteiger partial charge is 0.257 e. The van der Waals surface area contributed by atoms with Crippen LogP contribution in [0.4, 0.5) is 0 Å². The SMILES string of the molecule is COc1cc2ccc(Br)cc2cc1[C@@H](c1ccnc(OC)c1OC)[C@@](O)(CCN(C)C)c1ccnc2ccoc12. The number of methoxy groups -OCH3 is 3. The average molecular weight is 607 g/mol. The molecule has 0 aliphatic rings. The van der Waals surface area contributed by atoms with Gasteiger partial charge in [0, 0.05) is 52.1 Å². The molecule has 40 heavy (non-hydrogen) atoms. The van der Waals surface area contributed by atoms with Gasteiger partial charge in [0.05, 0.1) is 27.6 Å². The van der Waals surface area contributed by atoms with Crippen LogP contribution < -0.4 is 14.2 Å². The number of furan rings is 1. The molecular formula is C31H32BrN3O5. The molecule has 0 spiro atoms. The molecule has 8 nitrogen and oxygen atoms in total. The topological polar surface area (TPSA) is 90.1 Å². The van der Waals surface area contributed by atoms with Gasteiger partial charge < -0.3 is 28.6 Å². The molecule has 5 rings (SSSR count). The van der Waals surface area contributed by atoms with E-state index in [9.17, 15) is 5.11 Å². The van der Waals surface area contributed by atoms with Crippen molar-refractivity contribution in [2.24, 2.45) is 0 Å². The van der Waals surface area contributed by atoms with E-state index in [-0.39, 0.29) is 0 Å². The zero-order valence-electron chi connectivity index (χ0n) is 23.1. The second kappa shape index (κ2) is 11.4. The Balaban J connectivity index is 1.90. The monoisotopic (exact) mass is 605 g/mol. The highest BCUT2D eigenvalue weighted by molar-refractivity contribution is 9.10. The molecule has 5 aromatic rings. The van der Waals surface area contributed by atoms with E-state index in [1.807, 2.05) is 49.3 Å². The zero-order chi connectivity index (χ0) is 28.4. The number of hydrogen-bond acceptors (Lipinski definition) is 8. The van der Waals surface area contributed by atoms with Crippen LogP contribution in [0.3, 0.4) is 0 Å². The van der Waals surface area contributed by atoms with Crippen LogP contribution in [0.25, 0.3) is 21.9 Å². The highest BCUT2D eigenvalue weighted by Crippen LogP contribution is 2.52. The summed E-state index contributed by atoms with van der Waals surface area (Å²) in [5.41, 5.74) is 1.76. The van der Waals surface area contributed by atoms with Crippen LogP contribution in [0.15, 0.2) is 76.1 Å². The highest BCUT2D eigenvalue weighted by atomic mass is 79.9. The molecule has 9 heteroatoms. The van der Waals surface area contributed by atoms with Crippen LogP contribution in [0.5, 0.6) is 17.4 Å². The van der Waals surface area contributed by atoms with Gasteiger partial charge in [0.2, 0.25) is 0 Å². The third-order valence-corrected chi connectivity index (χ3v) is 7.79. The molecule has 3 aromatic heterocycles. The molecular weight excluding hydrogens is 574 g/mol. The van der Waals surface area contributed by atoms with Crippen LogP contribution in [0.1, 0.15) is 29.0 Å². The van der Waals surface area contributed by atoms with Gasteiger partial charge >= 0.3 is 0 Å². The average Bonchev–Trinajstić information content (AvgIpc) is 3.44. The third kappa shape index (κ3) is 5.00. The number of nitrogens with zero attached hydrogens (tertiary/aromatic N) is 3. The predicted molar refractivity (Wildman–Crippen MR) is 158 cm³/mol. The number of ether oxygens (including phenoxy) is 3. The first-order valence-electron chi connectivity index (χ1n) is 12.8. The molecule has 0 fully saturated rings. The van der Waals surface area contributed by atoms with Crippen molar-refractivity contribution in [3.63, 3.8) is 0 Å². The van der Waals surface area contributed by atoms with Crippen LogP contribution in [0.2, 0.25) is 0 Å². The minimum Gasteiger partial charge on any atom is -0.496 e. The lowest BCUT2D eigenvalue weighted by molar-refractivity contribution is 0.00381. The standard InChI is InChI=1S/C31H32BrN3O5/c1-35(2)14-11-31(36,24-9-13-33-25-10-15-40-29(24)25)27(22-8-12-34-30(39-5)28(22)38-4)23-17-20-16-21(32)7-6-19(20)18-26(23)37-3/h6-10,12-13,15-18,27,36H,11,14H2,1-5H3/t27-,31-/m1/s1. The third-order valence-electron chi connectivity index (χ3n) is 7.30. The zero-order valence-corrected chi connectivity index (χ0v) is 24.7. The van der Waals surface area contributed by atoms with E-state index in [0.29, 0.717) is 52.6 Å². The molecule has 1 N–H and O–H groups in total. The van der Waals surface area contributed by atoms with Crippen molar-refractivity contribution in [3.8, 4) is 17.4 Å². The van der Waals surface area contributed by atoms with Gasteiger partial charge in [0.25, 0.3) is 5.88 Å². The maximum Gasteiger partial charge on any atom is 0.257 e. The summed E-state index contributed by atoms with van der Waals surface area (Å²) in [4.78, 5) is 10.9. The number of fused-ring (bicyclic) bond motifs is 2. The van der Waals surface area contributed by atoms with E-state index in [1.54, 1.807) is 46.1 Å². The van der Waals surface area contributed by atoms with Crippen LogP contribution in [0, 0.1) is 0 Å². The molecule has 208 valence electrons. The van der Waals surface area contributed by atoms with Gasteiger partial charge in [-0.05, 0) is 67.7 Å². The van der Waals surface area contributed by atoms with Crippen molar-refractivity contribution in [1.82, 2.24) is 14.9 Å². The second-order valence-corrected chi connectivity index (χ2v) is 10.8. The Kier molecular flexibility index (Phi) is 7.98. The van der Waals surface area contributed by atoms with Gasteiger partial charge in [0.1, 0.15) is 16.9 Å². The summed E-state index contributed by atoms with van der Waals surface area (Å²) in [5, 5.41) is 15.1. The van der Waals surface area contributed by atoms with Gasteiger partial charge in [0.15, 0.2) is 11.3 Å². The van der Waals surface area contributed by atoms with Gasteiger partial charge in [-0.2, -0.15) is 0 Å². The molecule has 2 aromatic carbocycles. The number of aliphatic hydroxyl groups is 1. The fourth-order valence-corrected chi connectivity index (χ4v) is 5.79. The van der Waals surface area contributed by atoms with E-state index < -0.39 is 11.5 Å². The summed E-state index contributed by atoms with van der Waals surface area (Å²) < 4.78 is 24.3. The largest absolute Gasteiger partial charge is 0.496 e. The van der Waals surface area contributed by atoms with Crippen LogP contribution in [-0.2, 0) is 5.60 Å². The summed E-state index contributed by atoms with van der Waals surface area (Å²) in [5.74, 6) is 0.693. The first-order chi connectivity index (χ1) is 19.3. The maximum atomic E-state index is 13.1. The van der Waals surface area contributed by atoms with Crippen molar-refractivity contribution in [3.05, 3.63) is 88.4 Å². The van der Waals surface area contributed by atoms with E-state index >= 15 is 0 Å². The highest BCUT2D eigenvalue weighted by Gasteiger charge is 2.45. The second-order valence-electron chi connectivity index (χ2n) is 9.93. The Labute approximate surface area is 241 Å². The van der Waals surface area contributed by atoms with Crippen molar-refractivity contribution in [2.45, 2.75) is 17.9 Å². The van der Waals surface area contributed by atoms with Gasteiger partial charge in [-0.15, -0.1) is 0 Å².